The molecule has 0 aliphatic carbocycles. The topological polar surface area (TPSA) is 110 Å². The number of nitrogens with zero attached hydrogens (tertiary/aromatic N) is 2. The molecular weight excluding hydrogens is 450 g/mol. The normalized spacial score (nSPS) is 14.1. The van der Waals surface area contributed by atoms with Gasteiger partial charge in [0.25, 0.3) is 11.5 Å². The Kier molecular flexibility index (Phi) is 7.24. The van der Waals surface area contributed by atoms with Crippen molar-refractivity contribution < 1.29 is 24.2 Å². The number of fused-ring (bicyclic) bond motifs is 1. The van der Waals surface area contributed by atoms with Crippen LogP contribution >= 0.6 is 0 Å². The van der Waals surface area contributed by atoms with Crippen molar-refractivity contribution in [1.82, 2.24) is 9.47 Å². The molecule has 9 heteroatoms. The highest BCUT2D eigenvalue weighted by molar-refractivity contribution is 6.10. The van der Waals surface area contributed by atoms with Gasteiger partial charge in [-0.05, 0) is 57.0 Å². The van der Waals surface area contributed by atoms with Crippen molar-refractivity contribution in [3.63, 3.8) is 0 Å². The first kappa shape index (κ1) is 24.1. The lowest BCUT2D eigenvalue weighted by atomic mass is 10.0. The molecule has 2 heterocycles. The molecule has 0 radical (unpaired) electrons. The van der Waals surface area contributed by atoms with E-state index in [1.807, 2.05) is 13.0 Å². The second-order valence-corrected chi connectivity index (χ2v) is 8.28. The first-order chi connectivity index (χ1) is 16.9. The van der Waals surface area contributed by atoms with Crippen molar-refractivity contribution in [3.8, 4) is 11.5 Å². The largest absolute Gasteiger partial charge is 0.507 e. The number of amides is 2. The van der Waals surface area contributed by atoms with E-state index in [1.54, 1.807) is 46.9 Å². The Bertz CT molecular complexity index is 1290. The third-order valence-corrected chi connectivity index (χ3v) is 6.13. The maximum Gasteiger partial charge on any atom is 0.409 e. The number of hydrogen-bond acceptors (Lipinski definition) is 6. The van der Waals surface area contributed by atoms with Crippen LogP contribution in [0.2, 0.25) is 0 Å². The summed E-state index contributed by atoms with van der Waals surface area (Å²) in [6.07, 6.45) is 2.71. The number of phenolic OH excluding ortho intramolecular Hbond substituents is 1. The number of likely N-dealkylation sites (tertiary alicyclic amines) is 1. The van der Waals surface area contributed by atoms with Gasteiger partial charge in [-0.2, -0.15) is 0 Å². The number of hydrogen-bond donors (Lipinski definition) is 2. The third-order valence-electron chi connectivity index (χ3n) is 6.13. The van der Waals surface area contributed by atoms with Crippen LogP contribution in [0.3, 0.4) is 0 Å². The number of aromatic hydroxyl groups is 1. The molecule has 3 aromatic rings. The summed E-state index contributed by atoms with van der Waals surface area (Å²) in [5.41, 5.74) is 0.423. The Morgan fingerprint density at radius 1 is 1.06 bits per heavy atom. The van der Waals surface area contributed by atoms with Gasteiger partial charge in [-0.1, -0.05) is 6.07 Å². The molecule has 1 aliphatic rings. The molecule has 0 spiro atoms. The molecule has 4 rings (SSSR count). The molecule has 0 unspecified atom stereocenters. The first-order valence-corrected chi connectivity index (χ1v) is 11.8. The van der Waals surface area contributed by atoms with Gasteiger partial charge in [0.15, 0.2) is 0 Å². The molecule has 184 valence electrons. The summed E-state index contributed by atoms with van der Waals surface area (Å²) in [7, 11) is 0. The minimum Gasteiger partial charge on any atom is -0.507 e. The van der Waals surface area contributed by atoms with Crippen molar-refractivity contribution in [2.45, 2.75) is 32.7 Å². The molecule has 9 nitrogen and oxygen atoms in total. The van der Waals surface area contributed by atoms with E-state index in [4.69, 9.17) is 9.47 Å². The van der Waals surface area contributed by atoms with Gasteiger partial charge < -0.3 is 29.4 Å². The second kappa shape index (κ2) is 10.5. The highest BCUT2D eigenvalue weighted by atomic mass is 16.6. The van der Waals surface area contributed by atoms with E-state index < -0.39 is 5.91 Å². The van der Waals surface area contributed by atoms with Gasteiger partial charge in [0.05, 0.1) is 18.8 Å². The predicted molar refractivity (Wildman–Crippen MR) is 132 cm³/mol. The van der Waals surface area contributed by atoms with Crippen molar-refractivity contribution in [1.29, 1.82) is 0 Å². The summed E-state index contributed by atoms with van der Waals surface area (Å²) >= 11 is 0. The number of rotatable bonds is 6. The Labute approximate surface area is 202 Å². The van der Waals surface area contributed by atoms with E-state index in [9.17, 15) is 19.5 Å². The number of benzene rings is 2. The van der Waals surface area contributed by atoms with Crippen LogP contribution in [-0.4, -0.2) is 52.9 Å². The third kappa shape index (κ3) is 5.08. The van der Waals surface area contributed by atoms with Gasteiger partial charge in [-0.3, -0.25) is 9.59 Å². The summed E-state index contributed by atoms with van der Waals surface area (Å²) < 4.78 is 12.1. The number of pyridine rings is 1. The van der Waals surface area contributed by atoms with Gasteiger partial charge in [0, 0.05) is 47.9 Å². The maximum absolute atomic E-state index is 13.3. The second-order valence-electron chi connectivity index (χ2n) is 8.28. The smallest absolute Gasteiger partial charge is 0.409 e. The van der Waals surface area contributed by atoms with Gasteiger partial charge >= 0.3 is 6.09 Å². The zero-order valence-electron chi connectivity index (χ0n) is 19.8. The molecule has 2 N–H and O–H groups in total. The summed E-state index contributed by atoms with van der Waals surface area (Å²) in [6.45, 7) is 5.43. The standard InChI is InChI=1S/C26H29N3O6/c1-3-34-18-8-9-21(23(30)16-18)24(31)27-22-7-5-6-20-19(22)12-15-29(25(20)32)17-10-13-28(14-11-17)26(33)35-4-2/h5-9,12,15-17,30H,3-4,10-11,13-14H2,1-2H3,(H,27,31). The van der Waals surface area contributed by atoms with Gasteiger partial charge in [0.1, 0.15) is 11.5 Å². The summed E-state index contributed by atoms with van der Waals surface area (Å²) in [6, 6.07) is 11.4. The number of carbonyl (C=O) groups is 2. The lowest BCUT2D eigenvalue weighted by molar-refractivity contribution is 0.0923. The molecule has 1 saturated heterocycles. The highest BCUT2D eigenvalue weighted by Crippen LogP contribution is 2.28. The number of phenols is 1. The molecular formula is C26H29N3O6. The van der Waals surface area contributed by atoms with E-state index in [0.29, 0.717) is 61.4 Å². The Morgan fingerprint density at radius 2 is 1.83 bits per heavy atom. The number of carbonyl (C=O) groups excluding carboxylic acids is 2. The SMILES string of the molecule is CCOC(=O)N1CCC(n2ccc3c(NC(=O)c4ccc(OCC)cc4O)cccc3c2=O)CC1. The molecule has 0 bridgehead atoms. The highest BCUT2D eigenvalue weighted by Gasteiger charge is 2.25. The predicted octanol–water partition coefficient (Wildman–Crippen LogP) is 4.15. The number of ether oxygens (including phenoxy) is 2. The Hall–Kier alpha value is -4.01. The van der Waals surface area contributed by atoms with Crippen LogP contribution in [0, 0.1) is 0 Å². The molecule has 35 heavy (non-hydrogen) atoms. The van der Waals surface area contributed by atoms with Crippen LogP contribution in [0.1, 0.15) is 43.1 Å². The monoisotopic (exact) mass is 479 g/mol. The number of anilines is 1. The van der Waals surface area contributed by atoms with Gasteiger partial charge in [-0.15, -0.1) is 0 Å². The van der Waals surface area contributed by atoms with Crippen LogP contribution in [0.25, 0.3) is 10.8 Å². The van der Waals surface area contributed by atoms with Gasteiger partial charge in [-0.25, -0.2) is 4.79 Å². The molecule has 0 saturated carbocycles. The fraction of sp³-hybridized carbons (Fsp3) is 0.346. The first-order valence-electron chi connectivity index (χ1n) is 11.8. The van der Waals surface area contributed by atoms with Crippen molar-refractivity contribution in [2.24, 2.45) is 0 Å². The molecule has 1 fully saturated rings. The fourth-order valence-corrected chi connectivity index (χ4v) is 4.38. The Balaban J connectivity index is 1.54. The van der Waals surface area contributed by atoms with Crippen LogP contribution < -0.4 is 15.6 Å². The lowest BCUT2D eigenvalue weighted by Crippen LogP contribution is -2.41. The molecule has 2 aromatic carbocycles. The maximum atomic E-state index is 13.3. The minimum atomic E-state index is -0.492. The van der Waals surface area contributed by atoms with Crippen molar-refractivity contribution >= 4 is 28.5 Å². The molecule has 1 aromatic heterocycles. The average molecular weight is 480 g/mol. The van der Waals surface area contributed by atoms with Crippen LogP contribution in [0.5, 0.6) is 11.5 Å². The van der Waals surface area contributed by atoms with E-state index in [-0.39, 0.29) is 29.0 Å². The van der Waals surface area contributed by atoms with Crippen LogP contribution in [0.4, 0.5) is 10.5 Å². The summed E-state index contributed by atoms with van der Waals surface area (Å²) in [4.78, 5) is 39.8. The Morgan fingerprint density at radius 3 is 2.51 bits per heavy atom. The minimum absolute atomic E-state index is 0.0309. The van der Waals surface area contributed by atoms with Crippen LogP contribution in [0.15, 0.2) is 53.5 Å². The van der Waals surface area contributed by atoms with E-state index in [1.165, 1.54) is 12.1 Å². The molecule has 1 aliphatic heterocycles. The zero-order chi connectivity index (χ0) is 24.9. The van der Waals surface area contributed by atoms with Crippen molar-refractivity contribution in [2.75, 3.05) is 31.6 Å². The van der Waals surface area contributed by atoms with E-state index in [0.717, 1.165) is 0 Å². The van der Waals surface area contributed by atoms with E-state index in [2.05, 4.69) is 5.32 Å². The lowest BCUT2D eigenvalue weighted by Gasteiger charge is -2.32. The molecule has 2 amide bonds. The number of nitrogens with one attached hydrogen (secondary N) is 1. The number of piperidine rings is 1. The fourth-order valence-electron chi connectivity index (χ4n) is 4.38. The quantitative estimate of drug-likeness (QED) is 0.550. The average Bonchev–Trinajstić information content (AvgIpc) is 2.85. The number of aromatic nitrogens is 1. The summed E-state index contributed by atoms with van der Waals surface area (Å²) in [5.74, 6) is -0.209. The zero-order valence-corrected chi connectivity index (χ0v) is 19.8. The summed E-state index contributed by atoms with van der Waals surface area (Å²) in [5, 5.41) is 14.2. The van der Waals surface area contributed by atoms with Gasteiger partial charge in [0.2, 0.25) is 0 Å². The molecule has 0 atom stereocenters. The van der Waals surface area contributed by atoms with Crippen molar-refractivity contribution in [3.05, 3.63) is 64.6 Å². The van der Waals surface area contributed by atoms with E-state index >= 15 is 0 Å². The van der Waals surface area contributed by atoms with Crippen LogP contribution in [-0.2, 0) is 4.74 Å².